The van der Waals surface area contributed by atoms with Gasteiger partial charge in [-0.2, -0.15) is 0 Å². The highest BCUT2D eigenvalue weighted by Crippen LogP contribution is 2.34. The molecule has 1 saturated heterocycles. The van der Waals surface area contributed by atoms with Gasteiger partial charge in [-0.15, -0.1) is 0 Å². The first-order valence-corrected chi connectivity index (χ1v) is 5.97. The van der Waals surface area contributed by atoms with Crippen molar-refractivity contribution in [3.05, 3.63) is 32.6 Å². The van der Waals surface area contributed by atoms with E-state index >= 15 is 0 Å². The lowest BCUT2D eigenvalue weighted by atomic mass is 10.2. The molecule has 1 fully saturated rings. The molecule has 2 amide bonds. The number of nitrogens with one attached hydrogen (secondary N) is 1. The molecule has 7 heteroatoms. The molecule has 2 N–H and O–H groups in total. The molecule has 0 aliphatic carbocycles. The van der Waals surface area contributed by atoms with Crippen molar-refractivity contribution in [2.45, 2.75) is 0 Å². The number of hydrogen-bond acceptors (Lipinski definition) is 4. The van der Waals surface area contributed by atoms with Crippen molar-refractivity contribution in [1.29, 1.82) is 0 Å². The van der Waals surface area contributed by atoms with Crippen LogP contribution in [0.4, 0.5) is 4.79 Å². The van der Waals surface area contributed by atoms with Gasteiger partial charge in [0.25, 0.3) is 11.1 Å². The average molecular weight is 290 g/mol. The lowest BCUT2D eigenvalue weighted by Gasteiger charge is -2.03. The molecule has 4 nitrogen and oxygen atoms in total. The molecule has 0 atom stereocenters. The zero-order valence-corrected chi connectivity index (χ0v) is 10.5. The van der Waals surface area contributed by atoms with Gasteiger partial charge in [0.05, 0.1) is 9.93 Å². The summed E-state index contributed by atoms with van der Waals surface area (Å²) in [5.41, 5.74) is 0.287. The standard InChI is InChI=1S/C10H5Cl2NO3S/c11-5-1-4(8(14)6(12)3-5)2-7-9(15)13-10(16)17-7/h1-3,14H,(H,13,15,16). The quantitative estimate of drug-likeness (QED) is 0.780. The maximum Gasteiger partial charge on any atom is 0.290 e. The number of carbonyl (C=O) groups is 2. The zero-order valence-electron chi connectivity index (χ0n) is 8.16. The van der Waals surface area contributed by atoms with Gasteiger partial charge in [0.2, 0.25) is 0 Å². The fourth-order valence-corrected chi connectivity index (χ4v) is 2.44. The smallest absolute Gasteiger partial charge is 0.290 e. The highest BCUT2D eigenvalue weighted by Gasteiger charge is 2.25. The largest absolute Gasteiger partial charge is 0.506 e. The Kier molecular flexibility index (Phi) is 3.33. The first kappa shape index (κ1) is 12.3. The van der Waals surface area contributed by atoms with Crippen LogP contribution in [0, 0.1) is 0 Å². The van der Waals surface area contributed by atoms with E-state index in [1.165, 1.54) is 18.2 Å². The molecule has 1 aromatic carbocycles. The fraction of sp³-hybridized carbons (Fsp3) is 0. The predicted octanol–water partition coefficient (Wildman–Crippen LogP) is 3.02. The second-order valence-corrected chi connectivity index (χ2v) is 5.04. The topological polar surface area (TPSA) is 66.4 Å². The van der Waals surface area contributed by atoms with Crippen LogP contribution < -0.4 is 5.32 Å². The second-order valence-electron chi connectivity index (χ2n) is 3.18. The van der Waals surface area contributed by atoms with E-state index in [0.717, 1.165) is 11.8 Å². The third kappa shape index (κ3) is 2.57. The Morgan fingerprint density at radius 3 is 2.59 bits per heavy atom. The van der Waals surface area contributed by atoms with Crippen molar-refractivity contribution in [2.24, 2.45) is 0 Å². The van der Waals surface area contributed by atoms with E-state index in [-0.39, 0.29) is 21.2 Å². The maximum atomic E-state index is 11.3. The number of phenolic OH excluding ortho intramolecular Hbond substituents is 1. The molecular weight excluding hydrogens is 285 g/mol. The summed E-state index contributed by atoms with van der Waals surface area (Å²) in [7, 11) is 0. The van der Waals surface area contributed by atoms with Crippen LogP contribution in [-0.4, -0.2) is 16.3 Å². The van der Waals surface area contributed by atoms with Gasteiger partial charge in [-0.1, -0.05) is 23.2 Å². The lowest BCUT2D eigenvalue weighted by Crippen LogP contribution is -2.17. The first-order chi connectivity index (χ1) is 7.97. The Labute approximate surface area is 111 Å². The van der Waals surface area contributed by atoms with E-state index < -0.39 is 11.1 Å². The predicted molar refractivity (Wildman–Crippen MR) is 67.2 cm³/mol. The summed E-state index contributed by atoms with van der Waals surface area (Å²) in [5, 5.41) is 11.7. The Morgan fingerprint density at radius 1 is 1.29 bits per heavy atom. The highest BCUT2D eigenvalue weighted by atomic mass is 35.5. The van der Waals surface area contributed by atoms with Crippen LogP contribution in [0.3, 0.4) is 0 Å². The minimum absolute atomic E-state index is 0.0825. The number of carbonyl (C=O) groups excluding carboxylic acids is 2. The summed E-state index contributed by atoms with van der Waals surface area (Å²) in [5.74, 6) is -0.688. The SMILES string of the molecule is O=C1NC(=O)C(=Cc2cc(Cl)cc(Cl)c2O)S1. The molecule has 0 saturated carbocycles. The Morgan fingerprint density at radius 2 is 2.00 bits per heavy atom. The molecule has 0 aromatic heterocycles. The Bertz CT molecular complexity index is 557. The number of hydrogen-bond donors (Lipinski definition) is 2. The summed E-state index contributed by atoms with van der Waals surface area (Å²) < 4.78 is 0. The molecule has 2 rings (SSSR count). The summed E-state index contributed by atoms with van der Waals surface area (Å²) in [6.07, 6.45) is 1.36. The minimum atomic E-state index is -0.504. The van der Waals surface area contributed by atoms with Gasteiger partial charge in [-0.3, -0.25) is 14.9 Å². The summed E-state index contributed by atoms with van der Waals surface area (Å²) >= 11 is 12.3. The van der Waals surface area contributed by atoms with Crippen LogP contribution in [0.15, 0.2) is 17.0 Å². The van der Waals surface area contributed by atoms with Crippen LogP contribution >= 0.6 is 35.0 Å². The van der Waals surface area contributed by atoms with E-state index in [9.17, 15) is 14.7 Å². The van der Waals surface area contributed by atoms with Crippen molar-refractivity contribution in [1.82, 2.24) is 5.32 Å². The molecule has 0 unspecified atom stereocenters. The van der Waals surface area contributed by atoms with Gasteiger partial charge in [0, 0.05) is 10.6 Å². The monoisotopic (exact) mass is 289 g/mol. The number of rotatable bonds is 1. The molecule has 0 bridgehead atoms. The first-order valence-electron chi connectivity index (χ1n) is 4.40. The second kappa shape index (κ2) is 4.60. The zero-order chi connectivity index (χ0) is 12.6. The molecule has 1 aliphatic heterocycles. The van der Waals surface area contributed by atoms with Crippen molar-refractivity contribution in [2.75, 3.05) is 0 Å². The molecule has 1 aliphatic rings. The van der Waals surface area contributed by atoms with Gasteiger partial charge in [0.1, 0.15) is 5.75 Å². The van der Waals surface area contributed by atoms with Crippen LogP contribution in [-0.2, 0) is 4.79 Å². The molecule has 1 aromatic rings. The lowest BCUT2D eigenvalue weighted by molar-refractivity contribution is -0.115. The van der Waals surface area contributed by atoms with Gasteiger partial charge >= 0.3 is 0 Å². The third-order valence-corrected chi connectivity index (χ3v) is 3.30. The highest BCUT2D eigenvalue weighted by molar-refractivity contribution is 8.18. The molecule has 1 heterocycles. The summed E-state index contributed by atoms with van der Waals surface area (Å²) in [6.45, 7) is 0. The van der Waals surface area contributed by atoms with Crippen LogP contribution in [0.2, 0.25) is 10.0 Å². The minimum Gasteiger partial charge on any atom is -0.506 e. The van der Waals surface area contributed by atoms with Crippen molar-refractivity contribution >= 4 is 52.2 Å². The number of imide groups is 1. The molecule has 0 radical (unpaired) electrons. The van der Waals surface area contributed by atoms with Crippen LogP contribution in [0.1, 0.15) is 5.56 Å². The van der Waals surface area contributed by atoms with Crippen molar-refractivity contribution in [3.8, 4) is 5.75 Å². The number of benzene rings is 1. The van der Waals surface area contributed by atoms with Crippen LogP contribution in [0.25, 0.3) is 6.08 Å². The fourth-order valence-electron chi connectivity index (χ4n) is 1.26. The number of aromatic hydroxyl groups is 1. The molecule has 17 heavy (non-hydrogen) atoms. The van der Waals surface area contributed by atoms with E-state index in [1.54, 1.807) is 0 Å². The van der Waals surface area contributed by atoms with Gasteiger partial charge in [-0.25, -0.2) is 0 Å². The summed E-state index contributed by atoms with van der Waals surface area (Å²) in [4.78, 5) is 22.4. The van der Waals surface area contributed by atoms with Crippen molar-refractivity contribution in [3.63, 3.8) is 0 Å². The Hall–Kier alpha value is -1.17. The van der Waals surface area contributed by atoms with Gasteiger partial charge in [-0.05, 0) is 30.0 Å². The number of amides is 2. The number of thioether (sulfide) groups is 1. The molecule has 88 valence electrons. The van der Waals surface area contributed by atoms with E-state index in [1.807, 2.05) is 0 Å². The van der Waals surface area contributed by atoms with Gasteiger partial charge in [0.15, 0.2) is 0 Å². The van der Waals surface area contributed by atoms with E-state index in [4.69, 9.17) is 23.2 Å². The maximum absolute atomic E-state index is 11.3. The van der Waals surface area contributed by atoms with E-state index in [0.29, 0.717) is 5.02 Å². The number of phenols is 1. The Balaban J connectivity index is 2.46. The summed E-state index contributed by atoms with van der Waals surface area (Å²) in [6, 6.07) is 2.83. The van der Waals surface area contributed by atoms with E-state index in [2.05, 4.69) is 5.32 Å². The van der Waals surface area contributed by atoms with Crippen molar-refractivity contribution < 1.29 is 14.7 Å². The number of halogens is 2. The normalized spacial score (nSPS) is 17.6. The molecule has 0 spiro atoms. The van der Waals surface area contributed by atoms with Gasteiger partial charge < -0.3 is 5.11 Å². The molecular formula is C10H5Cl2NO3S. The average Bonchev–Trinajstić information content (AvgIpc) is 2.53. The van der Waals surface area contributed by atoms with Crippen LogP contribution in [0.5, 0.6) is 5.75 Å². The third-order valence-electron chi connectivity index (χ3n) is 1.99.